The summed E-state index contributed by atoms with van der Waals surface area (Å²) < 4.78 is 5.53. The van der Waals surface area contributed by atoms with Gasteiger partial charge in [0.25, 0.3) is 5.91 Å². The highest BCUT2D eigenvalue weighted by atomic mass is 32.1. The van der Waals surface area contributed by atoms with Crippen LogP contribution in [0.5, 0.6) is 0 Å². The van der Waals surface area contributed by atoms with Gasteiger partial charge in [0, 0.05) is 5.69 Å². The normalized spacial score (nSPS) is 17.0. The molecule has 1 aliphatic heterocycles. The largest absolute Gasteiger partial charge is 0.503 e. The Hall–Kier alpha value is -3.12. The molecule has 4 rings (SSSR count). The molecule has 5 nitrogen and oxygen atoms in total. The highest BCUT2D eigenvalue weighted by Gasteiger charge is 2.46. The number of benzene rings is 1. The molecule has 0 aliphatic carbocycles. The number of Topliss-reactive ketones (excluding diaryl/α,β-unsaturated/α-hetero) is 1. The van der Waals surface area contributed by atoms with Crippen LogP contribution in [-0.4, -0.2) is 16.8 Å². The number of nitrogens with zero attached hydrogens (tertiary/aromatic N) is 1. The van der Waals surface area contributed by atoms with E-state index < -0.39 is 17.7 Å². The zero-order chi connectivity index (χ0) is 19.1. The topological polar surface area (TPSA) is 70.8 Å². The number of aliphatic hydroxyl groups excluding tert-OH is 1. The van der Waals surface area contributed by atoms with E-state index in [9.17, 15) is 14.7 Å². The predicted octanol–water partition coefficient (Wildman–Crippen LogP) is 4.74. The average molecular weight is 379 g/mol. The molecule has 3 aromatic rings. The summed E-state index contributed by atoms with van der Waals surface area (Å²) in [5.74, 6) is -1.10. The fraction of sp³-hybridized carbons (Fsp3) is 0.143. The number of hydrogen-bond donors (Lipinski definition) is 1. The second-order valence-corrected chi connectivity index (χ2v) is 7.38. The van der Waals surface area contributed by atoms with E-state index in [-0.39, 0.29) is 11.4 Å². The maximum Gasteiger partial charge on any atom is 0.294 e. The fourth-order valence-electron chi connectivity index (χ4n) is 3.24. The molecule has 0 saturated heterocycles. The number of aryl methyl sites for hydroxylation is 2. The van der Waals surface area contributed by atoms with Crippen molar-refractivity contribution in [1.82, 2.24) is 0 Å². The summed E-state index contributed by atoms with van der Waals surface area (Å²) in [7, 11) is 0. The van der Waals surface area contributed by atoms with E-state index in [1.54, 1.807) is 29.6 Å². The van der Waals surface area contributed by atoms with Crippen LogP contribution < -0.4 is 4.90 Å². The number of thiophene rings is 1. The summed E-state index contributed by atoms with van der Waals surface area (Å²) in [6.07, 6.45) is 1.49. The van der Waals surface area contributed by atoms with Crippen molar-refractivity contribution in [3.63, 3.8) is 0 Å². The van der Waals surface area contributed by atoms with Crippen molar-refractivity contribution in [1.29, 1.82) is 0 Å². The van der Waals surface area contributed by atoms with Crippen molar-refractivity contribution in [2.45, 2.75) is 19.9 Å². The summed E-state index contributed by atoms with van der Waals surface area (Å²) in [5, 5.41) is 12.4. The van der Waals surface area contributed by atoms with Crippen LogP contribution in [0.1, 0.15) is 32.6 Å². The molecule has 0 radical (unpaired) electrons. The molecule has 1 aromatic carbocycles. The van der Waals surface area contributed by atoms with Crippen LogP contribution >= 0.6 is 11.3 Å². The molecule has 27 heavy (non-hydrogen) atoms. The van der Waals surface area contributed by atoms with E-state index >= 15 is 0 Å². The van der Waals surface area contributed by atoms with E-state index in [1.807, 2.05) is 32.0 Å². The average Bonchev–Trinajstić information content (AvgIpc) is 3.39. The third-order valence-electron chi connectivity index (χ3n) is 4.78. The van der Waals surface area contributed by atoms with Crippen LogP contribution in [0.15, 0.2) is 69.9 Å². The Morgan fingerprint density at radius 2 is 1.96 bits per heavy atom. The first kappa shape index (κ1) is 17.3. The number of anilines is 1. The molecular formula is C21H17NO4S. The van der Waals surface area contributed by atoms with Crippen molar-refractivity contribution in [2.24, 2.45) is 0 Å². The summed E-state index contributed by atoms with van der Waals surface area (Å²) in [5.41, 5.74) is 2.74. The van der Waals surface area contributed by atoms with Gasteiger partial charge < -0.3 is 9.52 Å². The first-order valence-corrected chi connectivity index (χ1v) is 9.32. The minimum atomic E-state index is -0.816. The van der Waals surface area contributed by atoms with Crippen molar-refractivity contribution >= 4 is 28.7 Å². The Labute approximate surface area is 160 Å². The Kier molecular flexibility index (Phi) is 4.20. The molecule has 1 N–H and O–H groups in total. The van der Waals surface area contributed by atoms with E-state index in [0.29, 0.717) is 16.3 Å². The number of amides is 1. The number of hydrogen-bond acceptors (Lipinski definition) is 5. The second kappa shape index (κ2) is 6.55. The van der Waals surface area contributed by atoms with E-state index in [4.69, 9.17) is 4.42 Å². The van der Waals surface area contributed by atoms with Crippen molar-refractivity contribution in [3.8, 4) is 0 Å². The lowest BCUT2D eigenvalue weighted by molar-refractivity contribution is -0.117. The second-order valence-electron chi connectivity index (χ2n) is 6.43. The standard InChI is InChI=1S/C21H17NO4S/c1-12-7-8-14(11-13(12)2)22-18(15-5-3-9-26-15)17(20(24)21(22)25)19(23)16-6-4-10-27-16/h3-11,18,24H,1-2H3. The number of aliphatic hydroxyl groups is 1. The fourth-order valence-corrected chi connectivity index (χ4v) is 3.91. The van der Waals surface area contributed by atoms with E-state index in [0.717, 1.165) is 11.1 Å². The Balaban J connectivity index is 1.87. The lowest BCUT2D eigenvalue weighted by atomic mass is 9.99. The molecule has 1 unspecified atom stereocenters. The van der Waals surface area contributed by atoms with Crippen molar-refractivity contribution in [3.05, 3.63) is 87.2 Å². The molecule has 1 amide bonds. The zero-order valence-corrected chi connectivity index (χ0v) is 15.6. The molecule has 136 valence electrons. The van der Waals surface area contributed by atoms with Gasteiger partial charge in [-0.1, -0.05) is 12.1 Å². The molecule has 1 aliphatic rings. The quantitative estimate of drug-likeness (QED) is 0.665. The van der Waals surface area contributed by atoms with E-state index in [2.05, 4.69) is 0 Å². The van der Waals surface area contributed by atoms with Gasteiger partial charge in [-0.25, -0.2) is 0 Å². The van der Waals surface area contributed by atoms with Gasteiger partial charge in [-0.3, -0.25) is 14.5 Å². The number of furan rings is 1. The van der Waals surface area contributed by atoms with Gasteiger partial charge in [-0.2, -0.15) is 0 Å². The first-order chi connectivity index (χ1) is 13.0. The SMILES string of the molecule is Cc1ccc(N2C(=O)C(O)=C(C(=O)c3cccs3)C2c2ccco2)cc1C. The maximum absolute atomic E-state index is 13.0. The number of rotatable bonds is 4. The van der Waals surface area contributed by atoms with Gasteiger partial charge in [0.2, 0.25) is 5.78 Å². The van der Waals surface area contributed by atoms with Crippen LogP contribution in [0.25, 0.3) is 0 Å². The Morgan fingerprint density at radius 1 is 1.15 bits per heavy atom. The van der Waals surface area contributed by atoms with Gasteiger partial charge in [-0.15, -0.1) is 11.3 Å². The Bertz CT molecular complexity index is 1050. The number of carbonyl (C=O) groups is 2. The zero-order valence-electron chi connectivity index (χ0n) is 14.8. The van der Waals surface area contributed by atoms with Gasteiger partial charge >= 0.3 is 0 Å². The van der Waals surface area contributed by atoms with Crippen LogP contribution in [0.2, 0.25) is 0 Å². The molecule has 0 spiro atoms. The van der Waals surface area contributed by atoms with Crippen LogP contribution in [-0.2, 0) is 4.79 Å². The maximum atomic E-state index is 13.0. The third kappa shape index (κ3) is 2.78. The minimum Gasteiger partial charge on any atom is -0.503 e. The number of carbonyl (C=O) groups excluding carboxylic acids is 2. The monoisotopic (exact) mass is 379 g/mol. The number of ketones is 1. The Morgan fingerprint density at radius 3 is 2.59 bits per heavy atom. The van der Waals surface area contributed by atoms with Gasteiger partial charge in [0.15, 0.2) is 5.76 Å². The molecular weight excluding hydrogens is 362 g/mol. The lowest BCUT2D eigenvalue weighted by Crippen LogP contribution is -2.30. The van der Waals surface area contributed by atoms with Gasteiger partial charge in [0.05, 0.1) is 16.7 Å². The summed E-state index contributed by atoms with van der Waals surface area (Å²) in [6.45, 7) is 3.93. The molecule has 0 saturated carbocycles. The van der Waals surface area contributed by atoms with Crippen molar-refractivity contribution < 1.29 is 19.1 Å². The van der Waals surface area contributed by atoms with Gasteiger partial charge in [0.1, 0.15) is 11.8 Å². The summed E-state index contributed by atoms with van der Waals surface area (Å²) in [4.78, 5) is 27.8. The molecule has 1 atom stereocenters. The third-order valence-corrected chi connectivity index (χ3v) is 5.65. The highest BCUT2D eigenvalue weighted by Crippen LogP contribution is 2.42. The smallest absolute Gasteiger partial charge is 0.294 e. The molecule has 3 heterocycles. The molecule has 6 heteroatoms. The van der Waals surface area contributed by atoms with Crippen molar-refractivity contribution in [2.75, 3.05) is 4.90 Å². The van der Waals surface area contributed by atoms with Crippen LogP contribution in [0.3, 0.4) is 0 Å². The first-order valence-electron chi connectivity index (χ1n) is 8.44. The molecule has 2 aromatic heterocycles. The van der Waals surface area contributed by atoms with Gasteiger partial charge in [-0.05, 0) is 60.7 Å². The summed E-state index contributed by atoms with van der Waals surface area (Å²) in [6, 6.07) is 11.6. The highest BCUT2D eigenvalue weighted by molar-refractivity contribution is 7.12. The summed E-state index contributed by atoms with van der Waals surface area (Å²) >= 11 is 1.27. The molecule has 0 fully saturated rings. The minimum absolute atomic E-state index is 0.0376. The van der Waals surface area contributed by atoms with E-state index in [1.165, 1.54) is 22.5 Å². The lowest BCUT2D eigenvalue weighted by Gasteiger charge is -2.25. The van der Waals surface area contributed by atoms with Crippen LogP contribution in [0.4, 0.5) is 5.69 Å². The predicted molar refractivity (Wildman–Crippen MR) is 103 cm³/mol. The molecule has 0 bridgehead atoms. The van der Waals surface area contributed by atoms with Crippen LogP contribution in [0, 0.1) is 13.8 Å².